The molecule has 6 heterocycles. The second-order valence-corrected chi connectivity index (χ2v) is 21.9. The molecule has 0 aromatic rings. The van der Waals surface area contributed by atoms with Crippen molar-refractivity contribution in [3.63, 3.8) is 0 Å². The van der Waals surface area contributed by atoms with Gasteiger partial charge < -0.3 is 175 Å². The van der Waals surface area contributed by atoms with Crippen molar-refractivity contribution in [1.29, 1.82) is 0 Å². The molecular weight excluding hydrogens is 1210 g/mol. The van der Waals surface area contributed by atoms with Crippen LogP contribution in [0.4, 0.5) is 0 Å². The van der Waals surface area contributed by atoms with Crippen LogP contribution in [-0.4, -0.2) is 372 Å². The molecule has 6 fully saturated rings. The number of carbonyl (C=O) groups excluding carboxylic acids is 3. The molecule has 3 amide bonds. The lowest BCUT2D eigenvalue weighted by molar-refractivity contribution is -0.390. The van der Waals surface area contributed by atoms with Gasteiger partial charge in [-0.1, -0.05) is 0 Å². The highest BCUT2D eigenvalue weighted by Crippen LogP contribution is 2.41. The number of aliphatic hydroxyl groups is 19. The first-order valence-electron chi connectivity index (χ1n) is 27.4. The summed E-state index contributed by atoms with van der Waals surface area (Å²) in [5.41, 5.74) is 0. The predicted octanol–water partition coefficient (Wildman–Crippen LogP) is -15.3. The summed E-state index contributed by atoms with van der Waals surface area (Å²) in [6, 6.07) is -5.55. The van der Waals surface area contributed by atoms with Crippen LogP contribution < -0.4 is 16.0 Å². The van der Waals surface area contributed by atoms with Crippen LogP contribution in [0.2, 0.25) is 0 Å². The summed E-state index contributed by atoms with van der Waals surface area (Å²) in [4.78, 5) is 63.8. The highest BCUT2D eigenvalue weighted by molar-refractivity contribution is 5.77. The van der Waals surface area contributed by atoms with E-state index in [4.69, 9.17) is 52.1 Å². The first-order chi connectivity index (χ1) is 41.2. The number of aliphatic carboxylic acids is 2. The number of ether oxygens (including phenoxy) is 11. The third kappa shape index (κ3) is 15.8. The van der Waals surface area contributed by atoms with Gasteiger partial charge in [-0.05, 0) is 0 Å². The van der Waals surface area contributed by atoms with Gasteiger partial charge in [0, 0.05) is 33.6 Å². The number of carbonyl (C=O) groups is 5. The Bertz CT molecular complexity index is 2320. The van der Waals surface area contributed by atoms with E-state index in [-0.39, 0.29) is 0 Å². The van der Waals surface area contributed by atoms with Gasteiger partial charge >= 0.3 is 11.9 Å². The summed E-state index contributed by atoms with van der Waals surface area (Å²) in [5.74, 6) is -13.5. The maximum absolute atomic E-state index is 13.2. The summed E-state index contributed by atoms with van der Waals surface area (Å²) in [5, 5.41) is 234. The summed E-state index contributed by atoms with van der Waals surface area (Å²) in [7, 11) is 0. The molecule has 6 saturated heterocycles. The minimum absolute atomic E-state index is 0.863. The largest absolute Gasteiger partial charge is 0.477 e. The maximum Gasteiger partial charge on any atom is 0.364 e. The topological polar surface area (TPSA) is 648 Å². The Hall–Kier alpha value is -3.85. The Balaban J connectivity index is 1.39. The van der Waals surface area contributed by atoms with Gasteiger partial charge in [-0.15, -0.1) is 0 Å². The van der Waals surface area contributed by atoms with Crippen molar-refractivity contribution < 1.29 is 183 Å². The van der Waals surface area contributed by atoms with Crippen LogP contribution in [0.15, 0.2) is 0 Å². The molecule has 24 N–H and O–H groups in total. The fourth-order valence-corrected chi connectivity index (χ4v) is 11.0. The monoisotopic (exact) mass is 1290 g/mol. The summed E-state index contributed by atoms with van der Waals surface area (Å²) in [6.45, 7) is -4.38. The molecule has 0 saturated carbocycles. The van der Waals surface area contributed by atoms with Gasteiger partial charge in [0.2, 0.25) is 17.7 Å². The number of nitrogens with one attached hydrogen (secondary N) is 3. The number of amides is 3. The fourth-order valence-electron chi connectivity index (χ4n) is 11.0. The van der Waals surface area contributed by atoms with E-state index in [1.807, 2.05) is 0 Å². The third-order valence-electron chi connectivity index (χ3n) is 15.6. The quantitative estimate of drug-likeness (QED) is 0.0404. The lowest BCUT2D eigenvalue weighted by Gasteiger charge is -2.51. The van der Waals surface area contributed by atoms with Crippen molar-refractivity contribution in [1.82, 2.24) is 16.0 Å². The number of carboxylic acids is 2. The second kappa shape index (κ2) is 30.7. The molecule has 0 bridgehead atoms. The molecule has 6 aliphatic rings. The van der Waals surface area contributed by atoms with Crippen LogP contribution in [0.5, 0.6) is 0 Å². The molecule has 0 aromatic heterocycles. The average Bonchev–Trinajstić information content (AvgIpc) is 1.06. The predicted molar refractivity (Wildman–Crippen MR) is 268 cm³/mol. The Labute approximate surface area is 496 Å². The minimum atomic E-state index is -3.25. The van der Waals surface area contributed by atoms with Gasteiger partial charge in [0.25, 0.3) is 11.6 Å². The van der Waals surface area contributed by atoms with Gasteiger partial charge in [0.15, 0.2) is 25.2 Å². The van der Waals surface area contributed by atoms with E-state index in [1.165, 1.54) is 0 Å². The van der Waals surface area contributed by atoms with Crippen molar-refractivity contribution in [3.05, 3.63) is 0 Å². The molecule has 508 valence electrons. The first kappa shape index (κ1) is 73.2. The number of rotatable bonds is 25. The lowest BCUT2D eigenvalue weighted by atomic mass is 9.88. The first-order valence-corrected chi connectivity index (χ1v) is 27.4. The highest BCUT2D eigenvalue weighted by Gasteiger charge is 2.62. The average molecular weight is 1290 g/mol. The summed E-state index contributed by atoms with van der Waals surface area (Å²) >= 11 is 0. The van der Waals surface area contributed by atoms with E-state index >= 15 is 0 Å². The molecule has 0 spiro atoms. The van der Waals surface area contributed by atoms with Crippen molar-refractivity contribution >= 4 is 29.7 Å². The summed E-state index contributed by atoms with van der Waals surface area (Å²) < 4.78 is 63.0. The Morgan fingerprint density at radius 1 is 0.466 bits per heavy atom. The number of aliphatic hydroxyl groups excluding tert-OH is 19. The van der Waals surface area contributed by atoms with Crippen molar-refractivity contribution in [2.75, 3.05) is 39.6 Å². The molecule has 0 unspecified atom stereocenters. The van der Waals surface area contributed by atoms with E-state index in [2.05, 4.69) is 16.0 Å². The van der Waals surface area contributed by atoms with Crippen molar-refractivity contribution in [2.24, 2.45) is 0 Å². The van der Waals surface area contributed by atoms with Gasteiger partial charge in [-0.2, -0.15) is 0 Å². The Morgan fingerprint density at radius 2 is 0.875 bits per heavy atom. The molecular formula is C48H79N3O37. The zero-order valence-corrected chi connectivity index (χ0v) is 46.9. The SMILES string of the molecule is CC(=O)N[C@H]1[C@H](O[C@H]2[C@@H](O)[C@@H](CO)O[C@@H](O[C@H]3[C@H](O)[C@@H](O)[C@H](O)O[C@@H]3CO)[C@@H]2O)O[C@H](CO[C@]2(C(=O)O)C[C@H](O)[C@@H](NC(C)=O)[C@H]([C@H](O)[C@H](O)CO)O2)[C@@H](O)[C@@H]1O[C@@H]1O[C@H](CO)[C@H](O[C@]2(C(=O)O)C[C@H](O)[C@@H](NC(C)=O)[C@H]([C@H](O)[C@H](O)CO)O2)[C@H](O)[C@H]1O. The molecule has 40 heteroatoms. The number of hydrogen-bond acceptors (Lipinski definition) is 35. The molecule has 6 rings (SSSR count). The zero-order chi connectivity index (χ0) is 65.8. The van der Waals surface area contributed by atoms with Gasteiger partial charge in [-0.3, -0.25) is 14.4 Å². The maximum atomic E-state index is 13.2. The fraction of sp³-hybridized carbons (Fsp3) is 0.896. The molecule has 0 radical (unpaired) electrons. The molecule has 88 heavy (non-hydrogen) atoms. The normalized spacial score (nSPS) is 44.6. The van der Waals surface area contributed by atoms with Crippen molar-refractivity contribution in [2.45, 2.75) is 229 Å². The number of hydrogen-bond donors (Lipinski definition) is 24. The zero-order valence-electron chi connectivity index (χ0n) is 46.9. The molecule has 6 aliphatic heterocycles. The molecule has 32 atom stereocenters. The van der Waals surface area contributed by atoms with Gasteiger partial charge in [-0.25, -0.2) is 9.59 Å². The Kier molecular flexibility index (Phi) is 25.6. The van der Waals surface area contributed by atoms with E-state index in [0.717, 1.165) is 20.8 Å². The second-order valence-electron chi connectivity index (χ2n) is 21.9. The smallest absolute Gasteiger partial charge is 0.364 e. The van der Waals surface area contributed by atoms with E-state index in [0.29, 0.717) is 0 Å². The standard InChI is InChI=1S/C48H79N3O37/c1-12(57)49-23-15(60)4-47(45(74)75,87-38(23)26(64)17(62)6-52)78-11-22-29(67)37(25(51-14(3)59)42(82-22)85-40-28(66)19(8-54)80-44(34(40)72)83-35-20(9-55)79-41(73)32(70)30(35)68)84-43-33(71)31(69)36(21(10-56)81-43)86-48(46(76)77)5-16(61)24(50-13(2)58)39(88-48)27(65)18(63)7-53/h15-44,52-56,60-73H,4-11H2,1-3H3,(H,49,57)(H,50,58)(H,51,59)(H,74,75)(H,76,77)/t15-,16-,17+,18+,19+,20+,21+,22+,23+,24+,25+,26+,27+,28-,29+,30+,31+,32+,33+,34+,35+,36-,37+,38+,39+,40-,41+,42-,43-,44-,47+,48+/m0/s1. The minimum Gasteiger partial charge on any atom is -0.477 e. The van der Waals surface area contributed by atoms with Gasteiger partial charge in [0.1, 0.15) is 134 Å². The van der Waals surface area contributed by atoms with Crippen LogP contribution in [0.1, 0.15) is 33.6 Å². The molecule has 0 aliphatic carbocycles. The van der Waals surface area contributed by atoms with E-state index < -0.39 is 277 Å². The molecule has 40 nitrogen and oxygen atoms in total. The van der Waals surface area contributed by atoms with Crippen LogP contribution in [0.25, 0.3) is 0 Å². The van der Waals surface area contributed by atoms with Gasteiger partial charge in [0.05, 0.1) is 63.9 Å². The third-order valence-corrected chi connectivity index (χ3v) is 15.6. The van der Waals surface area contributed by atoms with Crippen LogP contribution in [0, 0.1) is 0 Å². The lowest BCUT2D eigenvalue weighted by Crippen LogP contribution is -2.72. The summed E-state index contributed by atoms with van der Waals surface area (Å²) in [6.07, 6.45) is -61.5. The molecule has 0 aromatic carbocycles. The van der Waals surface area contributed by atoms with Crippen LogP contribution in [0.3, 0.4) is 0 Å². The highest BCUT2D eigenvalue weighted by atomic mass is 16.8. The van der Waals surface area contributed by atoms with Crippen molar-refractivity contribution in [3.8, 4) is 0 Å². The number of carboxylic acid groups (broad SMARTS) is 2. The van der Waals surface area contributed by atoms with Crippen LogP contribution >= 0.6 is 0 Å². The van der Waals surface area contributed by atoms with E-state index in [1.54, 1.807) is 0 Å². The van der Waals surface area contributed by atoms with Crippen LogP contribution in [-0.2, 0) is 76.1 Å². The Morgan fingerprint density at radius 3 is 1.36 bits per heavy atom. The van der Waals surface area contributed by atoms with E-state index in [9.17, 15) is 131 Å².